The summed E-state index contributed by atoms with van der Waals surface area (Å²) in [5.41, 5.74) is 1.10. The van der Waals surface area contributed by atoms with Gasteiger partial charge >= 0.3 is 11.9 Å². The van der Waals surface area contributed by atoms with Gasteiger partial charge in [0.15, 0.2) is 5.69 Å². The monoisotopic (exact) mass is 476 g/mol. The van der Waals surface area contributed by atoms with E-state index in [0.29, 0.717) is 18.1 Å². The van der Waals surface area contributed by atoms with Crippen molar-refractivity contribution in [2.45, 2.75) is 83.5 Å². The number of nitrogens with zero attached hydrogens (tertiary/aromatic N) is 2. The molecule has 0 aliphatic heterocycles. The van der Waals surface area contributed by atoms with Gasteiger partial charge < -0.3 is 14.2 Å². The van der Waals surface area contributed by atoms with E-state index in [9.17, 15) is 9.59 Å². The van der Waals surface area contributed by atoms with Crippen LogP contribution in [0.2, 0.25) is 0 Å². The van der Waals surface area contributed by atoms with Crippen LogP contribution in [-0.2, 0) is 14.3 Å². The molecule has 2 rings (SSSR count). The van der Waals surface area contributed by atoms with E-state index in [1.807, 2.05) is 65.8 Å². The average Bonchev–Trinajstić information content (AvgIpc) is 3.04. The van der Waals surface area contributed by atoms with Crippen molar-refractivity contribution >= 4 is 23.7 Å². The van der Waals surface area contributed by atoms with Crippen molar-refractivity contribution in [3.63, 3.8) is 0 Å². The summed E-state index contributed by atoms with van der Waals surface area (Å²) in [6, 6.07) is 7.62. The van der Waals surface area contributed by atoms with Gasteiger partial charge in [0.2, 0.25) is 5.88 Å². The van der Waals surface area contributed by atoms with Crippen molar-refractivity contribution < 1.29 is 23.8 Å². The highest BCUT2D eigenvalue weighted by molar-refractivity contribution is 8.01. The predicted molar refractivity (Wildman–Crippen MR) is 130 cm³/mol. The summed E-state index contributed by atoms with van der Waals surface area (Å²) in [5.74, 6) is -0.209. The van der Waals surface area contributed by atoms with Gasteiger partial charge in [0.1, 0.15) is 10.3 Å². The summed E-state index contributed by atoms with van der Waals surface area (Å²) in [4.78, 5) is 25.9. The molecule has 0 bridgehead atoms. The zero-order chi connectivity index (χ0) is 24.8. The van der Waals surface area contributed by atoms with Gasteiger partial charge in [0.25, 0.3) is 0 Å². The Kier molecular flexibility index (Phi) is 9.00. The molecule has 0 aliphatic rings. The maximum absolute atomic E-state index is 12.6. The van der Waals surface area contributed by atoms with Crippen molar-refractivity contribution in [3.05, 3.63) is 35.5 Å². The van der Waals surface area contributed by atoms with Gasteiger partial charge in [0, 0.05) is 10.5 Å². The molecule has 1 aromatic carbocycles. The fourth-order valence-electron chi connectivity index (χ4n) is 2.92. The molecule has 1 aromatic heterocycles. The molecule has 7 nitrogen and oxygen atoms in total. The van der Waals surface area contributed by atoms with E-state index in [0.717, 1.165) is 23.4 Å². The fraction of sp³-hybridized carbons (Fsp3) is 0.560. The number of thioether (sulfide) groups is 1. The van der Waals surface area contributed by atoms with Crippen LogP contribution in [-0.4, -0.2) is 45.3 Å². The van der Waals surface area contributed by atoms with E-state index in [-0.39, 0.29) is 18.3 Å². The minimum absolute atomic E-state index is 0.243. The lowest BCUT2D eigenvalue weighted by Crippen LogP contribution is -2.36. The first-order valence-corrected chi connectivity index (χ1v) is 12.1. The average molecular weight is 477 g/mol. The lowest BCUT2D eigenvalue weighted by Gasteiger charge is -2.28. The number of carbonyl (C=O) groups excluding carboxylic acids is 2. The quantitative estimate of drug-likeness (QED) is 0.245. The number of aromatic nitrogens is 2. The molecule has 0 amide bonds. The molecular formula is C25H36N2O5S. The van der Waals surface area contributed by atoms with Crippen LogP contribution in [0.15, 0.2) is 29.2 Å². The summed E-state index contributed by atoms with van der Waals surface area (Å²) in [5, 5.41) is 4.49. The number of carbonyl (C=O) groups is 2. The molecule has 2 aromatic rings. The Balaban J connectivity index is 2.31. The Morgan fingerprint density at radius 2 is 1.70 bits per heavy atom. The number of hydrogen-bond acceptors (Lipinski definition) is 7. The van der Waals surface area contributed by atoms with Crippen LogP contribution in [0.3, 0.4) is 0 Å². The Bertz CT molecular complexity index is 958. The van der Waals surface area contributed by atoms with Crippen LogP contribution in [0, 0.1) is 6.92 Å². The van der Waals surface area contributed by atoms with Gasteiger partial charge in [-0.15, -0.1) is 11.8 Å². The third-order valence-corrected chi connectivity index (χ3v) is 5.80. The maximum atomic E-state index is 12.6. The molecule has 182 valence electrons. The molecule has 0 radical (unpaired) electrons. The van der Waals surface area contributed by atoms with Crippen molar-refractivity contribution in [1.29, 1.82) is 0 Å². The molecule has 0 atom stereocenters. The zero-order valence-electron chi connectivity index (χ0n) is 21.0. The van der Waals surface area contributed by atoms with Crippen molar-refractivity contribution in [1.82, 2.24) is 9.78 Å². The molecule has 1 heterocycles. The van der Waals surface area contributed by atoms with Crippen LogP contribution in [0.1, 0.15) is 77.4 Å². The smallest absolute Gasteiger partial charge is 0.359 e. The highest BCUT2D eigenvalue weighted by Crippen LogP contribution is 2.35. The van der Waals surface area contributed by atoms with Crippen LogP contribution in [0.25, 0.3) is 5.69 Å². The Morgan fingerprint density at radius 1 is 1.06 bits per heavy atom. The van der Waals surface area contributed by atoms with Crippen molar-refractivity contribution in [2.24, 2.45) is 0 Å². The van der Waals surface area contributed by atoms with Crippen molar-refractivity contribution in [3.8, 4) is 11.6 Å². The molecule has 0 saturated carbocycles. The van der Waals surface area contributed by atoms with Gasteiger partial charge in [-0.3, -0.25) is 4.79 Å². The maximum Gasteiger partial charge on any atom is 0.359 e. The summed E-state index contributed by atoms with van der Waals surface area (Å²) < 4.78 is 17.6. The topological polar surface area (TPSA) is 79.7 Å². The number of hydrogen-bond donors (Lipinski definition) is 0. The van der Waals surface area contributed by atoms with Crippen LogP contribution >= 0.6 is 11.8 Å². The highest BCUT2D eigenvalue weighted by atomic mass is 32.2. The highest BCUT2D eigenvalue weighted by Gasteiger charge is 2.33. The molecule has 0 unspecified atom stereocenters. The van der Waals surface area contributed by atoms with Gasteiger partial charge in [-0.05, 0) is 79.2 Å². The number of rotatable bonds is 10. The molecule has 0 aliphatic carbocycles. The number of esters is 2. The number of unbranched alkanes of at least 4 members (excludes halogenated alkanes) is 1. The number of benzene rings is 1. The second-order valence-corrected chi connectivity index (χ2v) is 10.9. The van der Waals surface area contributed by atoms with E-state index < -0.39 is 16.3 Å². The third-order valence-electron chi connectivity index (χ3n) is 4.62. The van der Waals surface area contributed by atoms with Crippen LogP contribution in [0.4, 0.5) is 0 Å². The van der Waals surface area contributed by atoms with Gasteiger partial charge in [-0.1, -0.05) is 13.3 Å². The van der Waals surface area contributed by atoms with E-state index in [2.05, 4.69) is 12.0 Å². The summed E-state index contributed by atoms with van der Waals surface area (Å²) in [7, 11) is 0. The molecule has 33 heavy (non-hydrogen) atoms. The molecule has 8 heteroatoms. The van der Waals surface area contributed by atoms with Gasteiger partial charge in [-0.2, -0.15) is 9.78 Å². The molecule has 0 N–H and O–H groups in total. The normalized spacial score (nSPS) is 11.9. The standard InChI is InChI=1S/C25H36N2O5S/c1-9-11-16-31-21-17(3)20(22(28)30-10-2)26-27(21)18-12-14-19(15-13-18)33-25(7,8)23(29)32-24(4,5)6/h12-15H,9-11,16H2,1-8H3. The van der Waals surface area contributed by atoms with E-state index in [1.165, 1.54) is 11.8 Å². The molecule has 0 fully saturated rings. The largest absolute Gasteiger partial charge is 0.477 e. The fourth-order valence-corrected chi connectivity index (χ4v) is 3.91. The summed E-state index contributed by atoms with van der Waals surface area (Å²) in [6.45, 7) is 15.7. The second-order valence-electron chi connectivity index (χ2n) is 9.22. The van der Waals surface area contributed by atoms with E-state index in [1.54, 1.807) is 11.6 Å². The Morgan fingerprint density at radius 3 is 2.24 bits per heavy atom. The third kappa shape index (κ3) is 7.25. The lowest BCUT2D eigenvalue weighted by molar-refractivity contribution is -0.156. The van der Waals surface area contributed by atoms with Crippen LogP contribution in [0.5, 0.6) is 5.88 Å². The number of ether oxygens (including phenoxy) is 3. The first kappa shape index (κ1) is 26.8. The summed E-state index contributed by atoms with van der Waals surface area (Å²) in [6.07, 6.45) is 1.89. The van der Waals surface area contributed by atoms with Gasteiger partial charge in [0.05, 0.1) is 18.9 Å². The minimum Gasteiger partial charge on any atom is -0.477 e. The molecule has 0 spiro atoms. The SMILES string of the molecule is CCCCOc1c(C)c(C(=O)OCC)nn1-c1ccc(SC(C)(C)C(=O)OC(C)(C)C)cc1. The Hall–Kier alpha value is -2.48. The zero-order valence-corrected chi connectivity index (χ0v) is 21.8. The van der Waals surface area contributed by atoms with Gasteiger partial charge in [-0.25, -0.2) is 4.79 Å². The van der Waals surface area contributed by atoms with Crippen molar-refractivity contribution in [2.75, 3.05) is 13.2 Å². The van der Waals surface area contributed by atoms with E-state index >= 15 is 0 Å². The lowest BCUT2D eigenvalue weighted by atomic mass is 10.1. The molecular weight excluding hydrogens is 440 g/mol. The van der Waals surface area contributed by atoms with E-state index in [4.69, 9.17) is 14.2 Å². The Labute approximate surface area is 201 Å². The first-order chi connectivity index (χ1) is 15.4. The predicted octanol–water partition coefficient (Wildman–Crippen LogP) is 5.75. The molecule has 0 saturated heterocycles. The second kappa shape index (κ2) is 11.1. The van der Waals surface area contributed by atoms with Crippen LogP contribution < -0.4 is 4.74 Å². The summed E-state index contributed by atoms with van der Waals surface area (Å²) >= 11 is 1.43. The minimum atomic E-state index is -0.747. The first-order valence-electron chi connectivity index (χ1n) is 11.3.